The van der Waals surface area contributed by atoms with Crippen LogP contribution in [-0.2, 0) is 4.79 Å². The number of benzene rings is 1. The monoisotopic (exact) mass is 368 g/mol. The second-order valence-electron chi connectivity index (χ2n) is 7.44. The van der Waals surface area contributed by atoms with Gasteiger partial charge in [0.25, 0.3) is 0 Å². The molecular weight excluding hydrogens is 340 g/mol. The smallest absolute Gasteiger partial charge is 0.245 e. The Morgan fingerprint density at radius 2 is 1.63 bits per heavy atom. The number of nitrogens with zero attached hydrogens (tertiary/aromatic N) is 4. The molecule has 0 unspecified atom stereocenters. The fourth-order valence-electron chi connectivity index (χ4n) is 3.57. The second-order valence-corrected chi connectivity index (χ2v) is 7.44. The Morgan fingerprint density at radius 1 is 1.00 bits per heavy atom. The highest BCUT2D eigenvalue weighted by Crippen LogP contribution is 2.21. The summed E-state index contributed by atoms with van der Waals surface area (Å²) in [6.07, 6.45) is 3.66. The average Bonchev–Trinajstić information content (AvgIpc) is 3.17. The number of hydrogen-bond acceptors (Lipinski definition) is 4. The van der Waals surface area contributed by atoms with E-state index in [1.165, 1.54) is 0 Å². The van der Waals surface area contributed by atoms with E-state index in [9.17, 15) is 9.59 Å². The van der Waals surface area contributed by atoms with Gasteiger partial charge in [0.2, 0.25) is 5.91 Å². The number of hydrogen-bond donors (Lipinski definition) is 0. The Kier molecular flexibility index (Phi) is 5.63. The first-order valence-corrected chi connectivity index (χ1v) is 9.56. The molecule has 6 nitrogen and oxygen atoms in total. The van der Waals surface area contributed by atoms with E-state index in [2.05, 4.69) is 23.7 Å². The topological polar surface area (TPSA) is 58.4 Å². The minimum Gasteiger partial charge on any atom is -0.368 e. The number of imidazole rings is 1. The van der Waals surface area contributed by atoms with Crippen LogP contribution in [0.2, 0.25) is 0 Å². The molecule has 0 bridgehead atoms. The van der Waals surface area contributed by atoms with Gasteiger partial charge in [-0.05, 0) is 38.1 Å². The van der Waals surface area contributed by atoms with Gasteiger partial charge in [0.15, 0.2) is 5.78 Å². The van der Waals surface area contributed by atoms with Gasteiger partial charge in [0.1, 0.15) is 11.9 Å². The molecule has 6 heteroatoms. The van der Waals surface area contributed by atoms with Gasteiger partial charge in [0.05, 0.1) is 0 Å². The SMILES string of the molecule is CC(=O)c1ccc(N2CCN(C(=O)[C@@H](C)n3ccnc3C(C)C)CC2)cc1. The molecule has 27 heavy (non-hydrogen) atoms. The number of carbonyl (C=O) groups excluding carboxylic acids is 2. The van der Waals surface area contributed by atoms with Gasteiger partial charge < -0.3 is 14.4 Å². The standard InChI is InChI=1S/C21H28N4O2/c1-15(2)20-22-9-10-25(20)16(3)21(27)24-13-11-23(12-14-24)19-7-5-18(6-8-19)17(4)26/h5-10,15-16H,11-14H2,1-4H3/t16-/m1/s1. The lowest BCUT2D eigenvalue weighted by Crippen LogP contribution is -2.50. The highest BCUT2D eigenvalue weighted by molar-refractivity contribution is 5.94. The molecule has 1 aromatic carbocycles. The Bertz CT molecular complexity index is 802. The van der Waals surface area contributed by atoms with E-state index < -0.39 is 0 Å². The zero-order valence-corrected chi connectivity index (χ0v) is 16.6. The second kappa shape index (κ2) is 7.94. The molecule has 0 saturated carbocycles. The van der Waals surface area contributed by atoms with E-state index in [0.717, 1.165) is 30.2 Å². The summed E-state index contributed by atoms with van der Waals surface area (Å²) in [6, 6.07) is 7.45. The van der Waals surface area contributed by atoms with E-state index in [4.69, 9.17) is 0 Å². The van der Waals surface area contributed by atoms with Crippen LogP contribution in [0, 0.1) is 0 Å². The first-order chi connectivity index (χ1) is 12.9. The number of aromatic nitrogens is 2. The molecule has 1 aliphatic rings. The van der Waals surface area contributed by atoms with Crippen LogP contribution in [0.4, 0.5) is 5.69 Å². The van der Waals surface area contributed by atoms with Gasteiger partial charge >= 0.3 is 0 Å². The number of amides is 1. The van der Waals surface area contributed by atoms with Crippen LogP contribution in [0.25, 0.3) is 0 Å². The summed E-state index contributed by atoms with van der Waals surface area (Å²) in [4.78, 5) is 33.0. The molecule has 1 aliphatic heterocycles. The van der Waals surface area contributed by atoms with Crippen molar-refractivity contribution in [2.45, 2.75) is 39.7 Å². The summed E-state index contributed by atoms with van der Waals surface area (Å²) in [6.45, 7) is 10.7. The lowest BCUT2D eigenvalue weighted by atomic mass is 10.1. The highest BCUT2D eigenvalue weighted by atomic mass is 16.2. The predicted octanol–water partition coefficient (Wildman–Crippen LogP) is 3.12. The van der Waals surface area contributed by atoms with E-state index in [0.29, 0.717) is 13.1 Å². The molecule has 0 spiro atoms. The lowest BCUT2D eigenvalue weighted by Gasteiger charge is -2.37. The maximum atomic E-state index is 13.0. The minimum atomic E-state index is -0.244. The molecule has 1 aromatic heterocycles. The van der Waals surface area contributed by atoms with Gasteiger partial charge in [0, 0.05) is 55.7 Å². The third kappa shape index (κ3) is 4.04. The van der Waals surface area contributed by atoms with Crippen LogP contribution >= 0.6 is 0 Å². The third-order valence-corrected chi connectivity index (χ3v) is 5.22. The van der Waals surface area contributed by atoms with Gasteiger partial charge in [-0.1, -0.05) is 13.8 Å². The van der Waals surface area contributed by atoms with E-state index >= 15 is 0 Å². The lowest BCUT2D eigenvalue weighted by molar-refractivity contribution is -0.134. The normalized spacial score (nSPS) is 15.9. The minimum absolute atomic E-state index is 0.0752. The molecule has 3 rings (SSSR count). The third-order valence-electron chi connectivity index (χ3n) is 5.22. The van der Waals surface area contributed by atoms with Crippen LogP contribution < -0.4 is 4.90 Å². The number of ketones is 1. The Balaban J connectivity index is 1.62. The summed E-state index contributed by atoms with van der Waals surface area (Å²) >= 11 is 0. The Labute approximate surface area is 160 Å². The van der Waals surface area contributed by atoms with Crippen molar-refractivity contribution >= 4 is 17.4 Å². The van der Waals surface area contributed by atoms with Crippen LogP contribution in [0.15, 0.2) is 36.7 Å². The number of carbonyl (C=O) groups is 2. The molecule has 2 aromatic rings. The summed E-state index contributed by atoms with van der Waals surface area (Å²) in [7, 11) is 0. The first kappa shape index (κ1) is 19.1. The van der Waals surface area contributed by atoms with Crippen LogP contribution in [0.1, 0.15) is 55.8 Å². The first-order valence-electron chi connectivity index (χ1n) is 9.56. The molecular formula is C21H28N4O2. The molecule has 0 aliphatic carbocycles. The van der Waals surface area contributed by atoms with E-state index in [-0.39, 0.29) is 23.7 Å². The summed E-state index contributed by atoms with van der Waals surface area (Å²) in [5, 5.41) is 0. The molecule has 1 atom stereocenters. The number of anilines is 1. The number of piperazine rings is 1. The Morgan fingerprint density at radius 3 is 2.19 bits per heavy atom. The van der Waals surface area contributed by atoms with Gasteiger partial charge in [-0.25, -0.2) is 4.98 Å². The zero-order valence-electron chi connectivity index (χ0n) is 16.6. The summed E-state index contributed by atoms with van der Waals surface area (Å²) in [5.41, 5.74) is 1.82. The molecule has 0 radical (unpaired) electrons. The maximum Gasteiger partial charge on any atom is 0.245 e. The van der Waals surface area contributed by atoms with Crippen molar-refractivity contribution in [3.05, 3.63) is 48.0 Å². The predicted molar refractivity (Wildman–Crippen MR) is 106 cm³/mol. The number of rotatable bonds is 5. The van der Waals surface area contributed by atoms with Crippen LogP contribution in [0.3, 0.4) is 0 Å². The zero-order chi connectivity index (χ0) is 19.6. The van der Waals surface area contributed by atoms with Crippen LogP contribution in [0.5, 0.6) is 0 Å². The van der Waals surface area contributed by atoms with Crippen LogP contribution in [-0.4, -0.2) is 52.3 Å². The van der Waals surface area contributed by atoms with Crippen molar-refractivity contribution in [2.24, 2.45) is 0 Å². The summed E-state index contributed by atoms with van der Waals surface area (Å²) < 4.78 is 1.99. The van der Waals surface area contributed by atoms with Crippen molar-refractivity contribution in [3.8, 4) is 0 Å². The number of Topliss-reactive ketones (excluding diaryl/α,β-unsaturated/α-hetero) is 1. The molecule has 2 heterocycles. The van der Waals surface area contributed by atoms with Crippen molar-refractivity contribution < 1.29 is 9.59 Å². The largest absolute Gasteiger partial charge is 0.368 e. The van der Waals surface area contributed by atoms with Crippen molar-refractivity contribution in [1.29, 1.82) is 0 Å². The summed E-state index contributed by atoms with van der Waals surface area (Å²) in [5.74, 6) is 1.44. The Hall–Kier alpha value is -2.63. The fraction of sp³-hybridized carbons (Fsp3) is 0.476. The quantitative estimate of drug-likeness (QED) is 0.761. The molecule has 1 saturated heterocycles. The van der Waals surface area contributed by atoms with Crippen molar-refractivity contribution in [1.82, 2.24) is 14.5 Å². The highest BCUT2D eigenvalue weighted by Gasteiger charge is 2.27. The maximum absolute atomic E-state index is 13.0. The van der Waals surface area contributed by atoms with E-state index in [1.54, 1.807) is 13.1 Å². The van der Waals surface area contributed by atoms with E-state index in [1.807, 2.05) is 46.9 Å². The average molecular weight is 368 g/mol. The van der Waals surface area contributed by atoms with Crippen molar-refractivity contribution in [3.63, 3.8) is 0 Å². The molecule has 144 valence electrons. The van der Waals surface area contributed by atoms with Gasteiger partial charge in [-0.2, -0.15) is 0 Å². The molecule has 0 N–H and O–H groups in total. The van der Waals surface area contributed by atoms with Gasteiger partial charge in [-0.15, -0.1) is 0 Å². The molecule has 1 amide bonds. The van der Waals surface area contributed by atoms with Gasteiger partial charge in [-0.3, -0.25) is 9.59 Å². The fourth-order valence-corrected chi connectivity index (χ4v) is 3.57. The molecule has 1 fully saturated rings. The van der Waals surface area contributed by atoms with Crippen molar-refractivity contribution in [2.75, 3.05) is 31.1 Å².